The number of halogens is 1. The van der Waals surface area contributed by atoms with Gasteiger partial charge in [0, 0.05) is 23.8 Å². The number of pyridine rings is 1. The van der Waals surface area contributed by atoms with Crippen molar-refractivity contribution < 1.29 is 14.3 Å². The van der Waals surface area contributed by atoms with Crippen molar-refractivity contribution in [3.05, 3.63) is 23.9 Å². The molecule has 7 nitrogen and oxygen atoms in total. The summed E-state index contributed by atoms with van der Waals surface area (Å²) in [5, 5.41) is 1.30. The number of carbonyl (C=O) groups excluding carboxylic acids is 1. The largest absolute Gasteiger partial charge is 0.465 e. The zero-order valence-electron chi connectivity index (χ0n) is 13.3. The minimum Gasteiger partial charge on any atom is -0.465 e. The number of carbonyl (C=O) groups is 1. The van der Waals surface area contributed by atoms with Crippen molar-refractivity contribution in [2.45, 2.75) is 0 Å². The number of nitrogens with zero attached hydrogens (tertiary/aromatic N) is 2. The third kappa shape index (κ3) is 3.11. The molecular weight excluding hydrogens is 376 g/mol. The number of aromatic nitrogens is 2. The Kier molecular flexibility index (Phi) is 5.06. The summed E-state index contributed by atoms with van der Waals surface area (Å²) < 4.78 is 10.2. The molecule has 3 heterocycles. The highest BCUT2D eigenvalue weighted by atomic mass is 79.9. The second kappa shape index (κ2) is 7.23. The fourth-order valence-corrected chi connectivity index (χ4v) is 3.06. The lowest BCUT2D eigenvalue weighted by Gasteiger charge is -2.27. The summed E-state index contributed by atoms with van der Waals surface area (Å²) >= 11 is 3.30. The molecule has 3 N–H and O–H groups in total. The van der Waals surface area contributed by atoms with E-state index in [4.69, 9.17) is 15.2 Å². The molecule has 0 radical (unpaired) electrons. The molecule has 0 amide bonds. The number of hydrogen-bond acceptors (Lipinski definition) is 6. The summed E-state index contributed by atoms with van der Waals surface area (Å²) in [6.07, 6.45) is 1.72. The zero-order chi connectivity index (χ0) is 17.1. The van der Waals surface area contributed by atoms with Gasteiger partial charge in [0.1, 0.15) is 11.5 Å². The maximum Gasteiger partial charge on any atom is 0.339 e. The van der Waals surface area contributed by atoms with Crippen LogP contribution in [0.2, 0.25) is 0 Å². The van der Waals surface area contributed by atoms with Gasteiger partial charge in [0.2, 0.25) is 0 Å². The van der Waals surface area contributed by atoms with Gasteiger partial charge < -0.3 is 25.1 Å². The standard InChI is InChI=1S/C16H19BrN4O3/c1-23-16(22)11(4-5-17)14-13(18)10-2-3-12(19-15(10)20-14)21-6-8-24-9-7-21/h2-4H,5-9,18H2,1H3,(H,19,20)/b11-4+. The first-order chi connectivity index (χ1) is 11.7. The summed E-state index contributed by atoms with van der Waals surface area (Å²) in [7, 11) is 1.35. The summed E-state index contributed by atoms with van der Waals surface area (Å²) in [6, 6.07) is 3.86. The molecule has 1 saturated heterocycles. The highest BCUT2D eigenvalue weighted by Crippen LogP contribution is 2.31. The lowest BCUT2D eigenvalue weighted by atomic mass is 10.1. The fourth-order valence-electron chi connectivity index (χ4n) is 2.74. The van der Waals surface area contributed by atoms with Crippen molar-refractivity contribution in [3.8, 4) is 0 Å². The van der Waals surface area contributed by atoms with Gasteiger partial charge in [-0.05, 0) is 12.1 Å². The Balaban J connectivity index is 2.03. The Bertz CT molecular complexity index is 781. The monoisotopic (exact) mass is 394 g/mol. The Morgan fingerprint density at radius 1 is 1.50 bits per heavy atom. The molecule has 128 valence electrons. The molecule has 0 aliphatic carbocycles. The van der Waals surface area contributed by atoms with Crippen molar-refractivity contribution in [1.29, 1.82) is 0 Å². The number of esters is 1. The first kappa shape index (κ1) is 16.8. The number of allylic oxidation sites excluding steroid dienone is 1. The topological polar surface area (TPSA) is 93.5 Å². The number of nitrogens with two attached hydrogens (primary N) is 1. The molecule has 2 aromatic rings. The van der Waals surface area contributed by atoms with Crippen LogP contribution in [-0.4, -0.2) is 54.7 Å². The van der Waals surface area contributed by atoms with Crippen LogP contribution >= 0.6 is 15.9 Å². The summed E-state index contributed by atoms with van der Waals surface area (Å²) in [5.41, 5.74) is 8.28. The SMILES string of the molecule is COC(=O)/C(=C/CBr)c1[nH]c2nc(N3CCOCC3)ccc2c1N. The minimum atomic E-state index is -0.443. The van der Waals surface area contributed by atoms with Gasteiger partial charge in [0.05, 0.1) is 37.3 Å². The van der Waals surface area contributed by atoms with E-state index in [1.165, 1.54) is 7.11 Å². The summed E-state index contributed by atoms with van der Waals surface area (Å²) in [4.78, 5) is 22.0. The van der Waals surface area contributed by atoms with E-state index in [0.717, 1.165) is 24.3 Å². The molecule has 1 aliphatic rings. The molecule has 1 fully saturated rings. The van der Waals surface area contributed by atoms with Crippen LogP contribution in [0.1, 0.15) is 5.69 Å². The van der Waals surface area contributed by atoms with Crippen molar-refractivity contribution in [3.63, 3.8) is 0 Å². The molecule has 2 aromatic heterocycles. The van der Waals surface area contributed by atoms with Gasteiger partial charge in [-0.2, -0.15) is 0 Å². The van der Waals surface area contributed by atoms with Crippen molar-refractivity contribution in [2.24, 2.45) is 0 Å². The second-order valence-electron chi connectivity index (χ2n) is 5.34. The Morgan fingerprint density at radius 3 is 2.92 bits per heavy atom. The number of aromatic amines is 1. The maximum absolute atomic E-state index is 12.0. The smallest absolute Gasteiger partial charge is 0.339 e. The second-order valence-corrected chi connectivity index (χ2v) is 5.99. The highest BCUT2D eigenvalue weighted by molar-refractivity contribution is 9.09. The van der Waals surface area contributed by atoms with Crippen LogP contribution in [0.5, 0.6) is 0 Å². The first-order valence-corrected chi connectivity index (χ1v) is 8.73. The average molecular weight is 395 g/mol. The maximum atomic E-state index is 12.0. The number of rotatable bonds is 4. The minimum absolute atomic E-state index is 0.387. The number of nitrogens with one attached hydrogen (secondary N) is 1. The number of fused-ring (bicyclic) bond motifs is 1. The third-order valence-corrected chi connectivity index (χ3v) is 4.30. The van der Waals surface area contributed by atoms with Crippen molar-refractivity contribution in [2.75, 3.05) is 49.4 Å². The predicted molar refractivity (Wildman–Crippen MR) is 97.3 cm³/mol. The number of nitrogen functional groups attached to an aromatic ring is 1. The van der Waals surface area contributed by atoms with E-state index in [9.17, 15) is 4.79 Å². The van der Waals surface area contributed by atoms with E-state index in [1.807, 2.05) is 12.1 Å². The van der Waals surface area contributed by atoms with Gasteiger partial charge >= 0.3 is 5.97 Å². The summed E-state index contributed by atoms with van der Waals surface area (Å²) in [6.45, 7) is 2.99. The molecule has 0 spiro atoms. The van der Waals surface area contributed by atoms with Gasteiger partial charge in [0.15, 0.2) is 0 Å². The lowest BCUT2D eigenvalue weighted by molar-refractivity contribution is -0.133. The molecular formula is C16H19BrN4O3. The number of anilines is 2. The van der Waals surface area contributed by atoms with Crippen LogP contribution in [-0.2, 0) is 14.3 Å². The molecule has 24 heavy (non-hydrogen) atoms. The van der Waals surface area contributed by atoms with Gasteiger partial charge in [-0.25, -0.2) is 9.78 Å². The van der Waals surface area contributed by atoms with E-state index in [0.29, 0.717) is 41.1 Å². The number of alkyl halides is 1. The van der Waals surface area contributed by atoms with Crippen LogP contribution in [0, 0.1) is 0 Å². The van der Waals surface area contributed by atoms with Gasteiger partial charge in [0.25, 0.3) is 0 Å². The molecule has 0 unspecified atom stereocenters. The van der Waals surface area contributed by atoms with E-state index >= 15 is 0 Å². The zero-order valence-corrected chi connectivity index (χ0v) is 14.9. The number of morpholine rings is 1. The quantitative estimate of drug-likeness (QED) is 0.467. The average Bonchev–Trinajstić information content (AvgIpc) is 2.95. The fraction of sp³-hybridized carbons (Fsp3) is 0.375. The predicted octanol–water partition coefficient (Wildman–Crippen LogP) is 1.93. The van der Waals surface area contributed by atoms with E-state index in [2.05, 4.69) is 30.8 Å². The Morgan fingerprint density at radius 2 is 2.25 bits per heavy atom. The van der Waals surface area contributed by atoms with Crippen LogP contribution < -0.4 is 10.6 Å². The normalized spacial score (nSPS) is 15.8. The van der Waals surface area contributed by atoms with Crippen molar-refractivity contribution in [1.82, 2.24) is 9.97 Å². The lowest BCUT2D eigenvalue weighted by Crippen LogP contribution is -2.36. The van der Waals surface area contributed by atoms with Crippen LogP contribution in [0.3, 0.4) is 0 Å². The Hall–Kier alpha value is -2.06. The molecule has 0 bridgehead atoms. The van der Waals surface area contributed by atoms with Crippen LogP contribution in [0.15, 0.2) is 18.2 Å². The van der Waals surface area contributed by atoms with Gasteiger partial charge in [-0.3, -0.25) is 0 Å². The molecule has 0 aromatic carbocycles. The highest BCUT2D eigenvalue weighted by Gasteiger charge is 2.20. The van der Waals surface area contributed by atoms with Crippen molar-refractivity contribution >= 4 is 50.0 Å². The van der Waals surface area contributed by atoms with E-state index < -0.39 is 5.97 Å². The van der Waals surface area contributed by atoms with E-state index in [-0.39, 0.29) is 0 Å². The number of methoxy groups -OCH3 is 1. The van der Waals surface area contributed by atoms with Crippen LogP contribution in [0.25, 0.3) is 16.6 Å². The number of hydrogen-bond donors (Lipinski definition) is 2. The summed E-state index contributed by atoms with van der Waals surface area (Å²) in [5.74, 6) is 0.420. The van der Waals surface area contributed by atoms with Gasteiger partial charge in [-0.1, -0.05) is 22.0 Å². The molecule has 0 atom stereocenters. The molecule has 0 saturated carbocycles. The Labute approximate surface area is 147 Å². The first-order valence-electron chi connectivity index (χ1n) is 7.61. The third-order valence-electron chi connectivity index (χ3n) is 3.97. The molecule has 3 rings (SSSR count). The number of ether oxygens (including phenoxy) is 2. The van der Waals surface area contributed by atoms with Crippen LogP contribution in [0.4, 0.5) is 11.5 Å². The van der Waals surface area contributed by atoms with Gasteiger partial charge in [-0.15, -0.1) is 0 Å². The number of H-pyrrole nitrogens is 1. The molecule has 8 heteroatoms. The van der Waals surface area contributed by atoms with E-state index in [1.54, 1.807) is 6.08 Å². The molecule has 1 aliphatic heterocycles.